The van der Waals surface area contributed by atoms with Crippen LogP contribution in [-0.4, -0.2) is 12.6 Å². The number of rotatable bonds is 4. The summed E-state index contributed by atoms with van der Waals surface area (Å²) in [6.45, 7) is 1.72. The SMILES string of the molecule is Clc1ccc(CNCC2Cc3ccccc3O2)s1. The summed E-state index contributed by atoms with van der Waals surface area (Å²) in [5, 5.41) is 3.42. The second-order valence-corrected chi connectivity index (χ2v) is 6.19. The molecular weight excluding hydrogens is 266 g/mol. The van der Waals surface area contributed by atoms with Gasteiger partial charge in [-0.3, -0.25) is 0 Å². The van der Waals surface area contributed by atoms with Crippen molar-refractivity contribution in [3.05, 3.63) is 51.2 Å². The molecule has 0 bridgehead atoms. The van der Waals surface area contributed by atoms with Crippen molar-refractivity contribution in [3.63, 3.8) is 0 Å². The van der Waals surface area contributed by atoms with Crippen LogP contribution < -0.4 is 10.1 Å². The van der Waals surface area contributed by atoms with E-state index in [0.717, 1.165) is 29.6 Å². The molecule has 94 valence electrons. The minimum atomic E-state index is 0.248. The normalized spacial score (nSPS) is 17.5. The van der Waals surface area contributed by atoms with Crippen molar-refractivity contribution in [3.8, 4) is 5.75 Å². The van der Waals surface area contributed by atoms with Crippen LogP contribution in [0.4, 0.5) is 0 Å². The average Bonchev–Trinajstić information content (AvgIpc) is 2.95. The van der Waals surface area contributed by atoms with Gasteiger partial charge in [0, 0.05) is 24.4 Å². The van der Waals surface area contributed by atoms with Gasteiger partial charge in [-0.1, -0.05) is 29.8 Å². The first kappa shape index (κ1) is 12.0. The van der Waals surface area contributed by atoms with Gasteiger partial charge in [-0.2, -0.15) is 0 Å². The third-order valence-electron chi connectivity index (χ3n) is 3.01. The Balaban J connectivity index is 1.48. The molecule has 1 unspecified atom stereocenters. The fourth-order valence-electron chi connectivity index (χ4n) is 2.17. The van der Waals surface area contributed by atoms with E-state index in [4.69, 9.17) is 16.3 Å². The molecule has 1 aliphatic rings. The van der Waals surface area contributed by atoms with E-state index in [1.807, 2.05) is 18.2 Å². The zero-order chi connectivity index (χ0) is 12.4. The molecule has 0 spiro atoms. The molecule has 1 atom stereocenters. The highest BCUT2D eigenvalue weighted by Crippen LogP contribution is 2.27. The second kappa shape index (κ2) is 5.31. The van der Waals surface area contributed by atoms with Crippen LogP contribution in [0.3, 0.4) is 0 Å². The smallest absolute Gasteiger partial charge is 0.123 e. The number of hydrogen-bond acceptors (Lipinski definition) is 3. The largest absolute Gasteiger partial charge is 0.488 e. The lowest BCUT2D eigenvalue weighted by Gasteiger charge is -2.11. The summed E-state index contributed by atoms with van der Waals surface area (Å²) in [4.78, 5) is 1.26. The van der Waals surface area contributed by atoms with E-state index < -0.39 is 0 Å². The van der Waals surface area contributed by atoms with Gasteiger partial charge in [0.25, 0.3) is 0 Å². The van der Waals surface area contributed by atoms with Gasteiger partial charge in [-0.25, -0.2) is 0 Å². The fourth-order valence-corrected chi connectivity index (χ4v) is 3.23. The number of para-hydroxylation sites is 1. The quantitative estimate of drug-likeness (QED) is 0.925. The van der Waals surface area contributed by atoms with Crippen molar-refractivity contribution >= 4 is 22.9 Å². The van der Waals surface area contributed by atoms with E-state index in [1.54, 1.807) is 11.3 Å². The second-order valence-electron chi connectivity index (χ2n) is 4.39. The van der Waals surface area contributed by atoms with Crippen LogP contribution in [0.5, 0.6) is 5.75 Å². The highest BCUT2D eigenvalue weighted by atomic mass is 35.5. The first-order chi connectivity index (χ1) is 8.81. The monoisotopic (exact) mass is 279 g/mol. The highest BCUT2D eigenvalue weighted by Gasteiger charge is 2.21. The van der Waals surface area contributed by atoms with Crippen LogP contribution in [0.25, 0.3) is 0 Å². The topological polar surface area (TPSA) is 21.3 Å². The third kappa shape index (κ3) is 2.69. The lowest BCUT2D eigenvalue weighted by atomic mass is 10.1. The summed E-state index contributed by atoms with van der Waals surface area (Å²) in [6, 6.07) is 12.2. The van der Waals surface area contributed by atoms with Crippen molar-refractivity contribution in [2.75, 3.05) is 6.54 Å². The van der Waals surface area contributed by atoms with E-state index >= 15 is 0 Å². The maximum Gasteiger partial charge on any atom is 0.123 e. The zero-order valence-electron chi connectivity index (χ0n) is 9.86. The van der Waals surface area contributed by atoms with Crippen molar-refractivity contribution in [2.24, 2.45) is 0 Å². The van der Waals surface area contributed by atoms with Crippen LogP contribution >= 0.6 is 22.9 Å². The molecule has 3 rings (SSSR count). The Bertz CT molecular complexity index is 515. The summed E-state index contributed by atoms with van der Waals surface area (Å²) < 4.78 is 6.71. The molecule has 2 heterocycles. The summed E-state index contributed by atoms with van der Waals surface area (Å²) in [6.07, 6.45) is 1.24. The van der Waals surface area contributed by atoms with Gasteiger partial charge >= 0.3 is 0 Å². The summed E-state index contributed by atoms with van der Waals surface area (Å²) in [5.41, 5.74) is 1.31. The molecule has 2 nitrogen and oxygen atoms in total. The molecule has 0 amide bonds. The van der Waals surface area contributed by atoms with Crippen molar-refractivity contribution < 1.29 is 4.74 Å². The van der Waals surface area contributed by atoms with E-state index in [9.17, 15) is 0 Å². The Morgan fingerprint density at radius 2 is 2.17 bits per heavy atom. The van der Waals surface area contributed by atoms with Gasteiger partial charge in [-0.05, 0) is 23.8 Å². The Kier molecular flexibility index (Phi) is 3.55. The Labute approximate surface area is 116 Å². The minimum Gasteiger partial charge on any atom is -0.488 e. The number of thiophene rings is 1. The molecule has 0 fully saturated rings. The maximum atomic E-state index is 5.89. The number of fused-ring (bicyclic) bond motifs is 1. The lowest BCUT2D eigenvalue weighted by Crippen LogP contribution is -2.29. The molecule has 1 aromatic heterocycles. The van der Waals surface area contributed by atoms with Crippen LogP contribution in [-0.2, 0) is 13.0 Å². The molecule has 0 aliphatic carbocycles. The molecular formula is C14H14ClNOS. The predicted octanol–water partition coefficient (Wildman–Crippen LogP) is 3.49. The molecule has 1 aromatic carbocycles. The summed E-state index contributed by atoms with van der Waals surface area (Å²) in [5.74, 6) is 1.03. The van der Waals surface area contributed by atoms with Gasteiger partial charge in [0.2, 0.25) is 0 Å². The molecule has 1 aliphatic heterocycles. The number of ether oxygens (including phenoxy) is 1. The van der Waals surface area contributed by atoms with E-state index in [2.05, 4.69) is 23.5 Å². The van der Waals surface area contributed by atoms with Gasteiger partial charge in [0.05, 0.1) is 4.34 Å². The molecule has 0 saturated heterocycles. The zero-order valence-corrected chi connectivity index (χ0v) is 11.4. The summed E-state index contributed by atoms with van der Waals surface area (Å²) >= 11 is 7.51. The molecule has 0 saturated carbocycles. The van der Waals surface area contributed by atoms with Gasteiger partial charge in [-0.15, -0.1) is 11.3 Å². The van der Waals surface area contributed by atoms with Crippen LogP contribution in [0.2, 0.25) is 4.34 Å². The molecule has 1 N–H and O–H groups in total. The highest BCUT2D eigenvalue weighted by molar-refractivity contribution is 7.16. The third-order valence-corrected chi connectivity index (χ3v) is 4.25. The molecule has 4 heteroatoms. The Morgan fingerprint density at radius 1 is 1.28 bits per heavy atom. The lowest BCUT2D eigenvalue weighted by molar-refractivity contribution is 0.227. The number of hydrogen-bond donors (Lipinski definition) is 1. The molecule has 18 heavy (non-hydrogen) atoms. The molecule has 2 aromatic rings. The number of nitrogens with one attached hydrogen (secondary N) is 1. The first-order valence-electron chi connectivity index (χ1n) is 6.01. The number of halogens is 1. The van der Waals surface area contributed by atoms with Crippen molar-refractivity contribution in [1.82, 2.24) is 5.32 Å². The summed E-state index contributed by atoms with van der Waals surface area (Å²) in [7, 11) is 0. The average molecular weight is 280 g/mol. The van der Waals surface area contributed by atoms with Gasteiger partial charge in [0.1, 0.15) is 11.9 Å². The van der Waals surface area contributed by atoms with Crippen LogP contribution in [0.15, 0.2) is 36.4 Å². The Hall–Kier alpha value is -1.03. The first-order valence-corrected chi connectivity index (χ1v) is 7.20. The maximum absolute atomic E-state index is 5.89. The van der Waals surface area contributed by atoms with E-state index in [-0.39, 0.29) is 6.10 Å². The van der Waals surface area contributed by atoms with Gasteiger partial charge in [0.15, 0.2) is 0 Å². The minimum absolute atomic E-state index is 0.248. The van der Waals surface area contributed by atoms with E-state index in [0.29, 0.717) is 0 Å². The van der Waals surface area contributed by atoms with Crippen LogP contribution in [0, 0.1) is 0 Å². The van der Waals surface area contributed by atoms with E-state index in [1.165, 1.54) is 10.4 Å². The van der Waals surface area contributed by atoms with Crippen molar-refractivity contribution in [1.29, 1.82) is 0 Å². The van der Waals surface area contributed by atoms with Crippen molar-refractivity contribution in [2.45, 2.75) is 19.1 Å². The number of benzene rings is 1. The standard InChI is InChI=1S/C14H14ClNOS/c15-14-6-5-12(18-14)9-16-8-11-7-10-3-1-2-4-13(10)17-11/h1-6,11,16H,7-9H2. The predicted molar refractivity (Wildman–Crippen MR) is 75.6 cm³/mol. The van der Waals surface area contributed by atoms with Crippen LogP contribution in [0.1, 0.15) is 10.4 Å². The van der Waals surface area contributed by atoms with Gasteiger partial charge < -0.3 is 10.1 Å². The fraction of sp³-hybridized carbons (Fsp3) is 0.286. The molecule has 0 radical (unpaired) electrons. The Morgan fingerprint density at radius 3 is 2.94 bits per heavy atom.